The number of anilines is 1. The van der Waals surface area contributed by atoms with Crippen molar-refractivity contribution in [1.82, 2.24) is 14.8 Å². The highest BCUT2D eigenvalue weighted by Gasteiger charge is 2.38. The highest BCUT2D eigenvalue weighted by atomic mass is 32.1. The number of amides is 2. The van der Waals surface area contributed by atoms with Crippen LogP contribution in [0, 0.1) is 12.8 Å². The molecule has 0 spiro atoms. The van der Waals surface area contributed by atoms with Gasteiger partial charge in [-0.15, -0.1) is 22.7 Å². The van der Waals surface area contributed by atoms with Crippen LogP contribution in [-0.4, -0.2) is 26.6 Å². The van der Waals surface area contributed by atoms with Gasteiger partial charge in [0.2, 0.25) is 5.91 Å². The van der Waals surface area contributed by atoms with E-state index >= 15 is 0 Å². The fourth-order valence-corrected chi connectivity index (χ4v) is 6.21. The van der Waals surface area contributed by atoms with Crippen molar-refractivity contribution in [3.05, 3.63) is 51.1 Å². The Bertz CT molecular complexity index is 1590. The lowest BCUT2D eigenvalue weighted by Crippen LogP contribution is -2.26. The van der Waals surface area contributed by atoms with Crippen molar-refractivity contribution in [1.29, 1.82) is 0 Å². The molecular formula is C25H22F5N5O2S2. The van der Waals surface area contributed by atoms with Crippen LogP contribution in [-0.2, 0) is 17.5 Å². The van der Waals surface area contributed by atoms with Crippen molar-refractivity contribution in [2.75, 3.05) is 5.32 Å². The van der Waals surface area contributed by atoms with E-state index in [0.29, 0.717) is 16.1 Å². The number of nitrogens with zero attached hydrogens (tertiary/aromatic N) is 3. The average Bonchev–Trinajstić information content (AvgIpc) is 3.27. The second kappa shape index (κ2) is 9.97. The molecule has 3 N–H and O–H groups in total. The number of carbonyl (C=O) groups is 2. The van der Waals surface area contributed by atoms with E-state index in [4.69, 9.17) is 5.73 Å². The number of rotatable bonds is 8. The fraction of sp³-hybridized carbons (Fsp3) is 0.360. The Balaban J connectivity index is 1.53. The predicted octanol–water partition coefficient (Wildman–Crippen LogP) is 6.74. The minimum atomic E-state index is -4.62. The molecular weight excluding hydrogens is 561 g/mol. The second-order valence-corrected chi connectivity index (χ2v) is 11.7. The molecule has 1 fully saturated rings. The normalized spacial score (nSPS) is 14.8. The smallest absolute Gasteiger partial charge is 0.365 e. The van der Waals surface area contributed by atoms with E-state index in [1.54, 1.807) is 6.07 Å². The summed E-state index contributed by atoms with van der Waals surface area (Å²) in [5.41, 5.74) is 4.88. The highest BCUT2D eigenvalue weighted by Crippen LogP contribution is 2.45. The molecule has 4 aromatic rings. The minimum absolute atomic E-state index is 0.0348. The average molecular weight is 584 g/mol. The molecule has 1 saturated carbocycles. The van der Waals surface area contributed by atoms with Gasteiger partial charge in [-0.25, -0.2) is 13.8 Å². The maximum atomic E-state index is 13.7. The summed E-state index contributed by atoms with van der Waals surface area (Å²) in [4.78, 5) is 31.2. The number of nitrogens with one attached hydrogen (secondary N) is 1. The largest absolute Gasteiger partial charge is 0.435 e. The number of aryl methyl sites for hydroxylation is 1. The SMILES string of the molecule is Cc1ccc(-c2cc(C(F)F)nc3sc(C(N)=O)c(NC(=O)C(C)Cn4nc(C(F)(F)F)cc4C4CC4)c23)s1. The summed E-state index contributed by atoms with van der Waals surface area (Å²) < 4.78 is 68.4. The van der Waals surface area contributed by atoms with Crippen molar-refractivity contribution < 1.29 is 31.5 Å². The number of primary amides is 1. The number of carbonyl (C=O) groups excluding carboxylic acids is 2. The van der Waals surface area contributed by atoms with Crippen LogP contribution < -0.4 is 11.1 Å². The molecule has 7 nitrogen and oxygen atoms in total. The zero-order valence-corrected chi connectivity index (χ0v) is 22.2. The van der Waals surface area contributed by atoms with Gasteiger partial charge in [-0.3, -0.25) is 14.3 Å². The second-order valence-electron chi connectivity index (χ2n) is 9.46. The fourth-order valence-electron chi connectivity index (χ4n) is 4.31. The Morgan fingerprint density at radius 2 is 1.92 bits per heavy atom. The summed E-state index contributed by atoms with van der Waals surface area (Å²) in [6.07, 6.45) is -6.01. The summed E-state index contributed by atoms with van der Waals surface area (Å²) in [7, 11) is 0. The summed E-state index contributed by atoms with van der Waals surface area (Å²) in [6, 6.07) is 5.79. The Morgan fingerprint density at radius 1 is 1.21 bits per heavy atom. The van der Waals surface area contributed by atoms with Crippen LogP contribution in [0.25, 0.3) is 20.7 Å². The van der Waals surface area contributed by atoms with Crippen LogP contribution in [0.3, 0.4) is 0 Å². The first-order valence-electron chi connectivity index (χ1n) is 11.9. The number of pyridine rings is 1. The molecule has 0 radical (unpaired) electrons. The van der Waals surface area contributed by atoms with Gasteiger partial charge < -0.3 is 11.1 Å². The molecule has 1 aliphatic rings. The van der Waals surface area contributed by atoms with Crippen molar-refractivity contribution in [2.24, 2.45) is 11.7 Å². The first kappa shape index (κ1) is 27.2. The molecule has 206 valence electrons. The standard InChI is InChI=1S/C25H22F5N5O2S2/c1-10(9-35-15(12-4-5-12)8-17(34-35)25(28,29)30)23(37)33-19-18-13(16-6-3-11(2)38-16)7-14(21(26)27)32-24(18)39-20(19)22(31)36/h3,6-8,10,12,21H,4-5,9H2,1-2H3,(H2,31,36)(H,33,37). The number of fused-ring (bicyclic) bond motifs is 1. The number of halogens is 5. The van der Waals surface area contributed by atoms with Gasteiger partial charge in [-0.05, 0) is 44.0 Å². The van der Waals surface area contributed by atoms with Gasteiger partial charge in [0.05, 0.1) is 18.2 Å². The number of hydrogen-bond donors (Lipinski definition) is 2. The Labute approximate surface area is 226 Å². The Hall–Kier alpha value is -3.39. The van der Waals surface area contributed by atoms with Crippen molar-refractivity contribution >= 4 is 50.4 Å². The van der Waals surface area contributed by atoms with E-state index < -0.39 is 41.7 Å². The van der Waals surface area contributed by atoms with Crippen molar-refractivity contribution in [2.45, 2.75) is 51.8 Å². The number of nitrogens with two attached hydrogens (primary N) is 1. The monoisotopic (exact) mass is 583 g/mol. The topological polar surface area (TPSA) is 103 Å². The summed E-state index contributed by atoms with van der Waals surface area (Å²) >= 11 is 2.13. The van der Waals surface area contributed by atoms with E-state index in [9.17, 15) is 31.5 Å². The van der Waals surface area contributed by atoms with Crippen molar-refractivity contribution in [3.8, 4) is 10.4 Å². The van der Waals surface area contributed by atoms with Crippen LogP contribution in [0.2, 0.25) is 0 Å². The van der Waals surface area contributed by atoms with Crippen LogP contribution in [0.5, 0.6) is 0 Å². The quantitative estimate of drug-likeness (QED) is 0.224. The zero-order chi connectivity index (χ0) is 28.2. The molecule has 5 rings (SSSR count). The first-order chi connectivity index (χ1) is 18.3. The van der Waals surface area contributed by atoms with Gasteiger partial charge in [-0.1, -0.05) is 6.92 Å². The molecule has 1 aliphatic carbocycles. The molecule has 14 heteroatoms. The highest BCUT2D eigenvalue weighted by molar-refractivity contribution is 7.21. The Kier molecular flexibility index (Phi) is 6.95. The van der Waals surface area contributed by atoms with E-state index in [-0.39, 0.29) is 33.2 Å². The summed E-state index contributed by atoms with van der Waals surface area (Å²) in [5, 5.41) is 6.68. The van der Waals surface area contributed by atoms with E-state index in [1.807, 2.05) is 13.0 Å². The molecule has 0 saturated heterocycles. The molecule has 39 heavy (non-hydrogen) atoms. The van der Waals surface area contributed by atoms with Gasteiger partial charge in [0.1, 0.15) is 15.4 Å². The molecule has 0 aromatic carbocycles. The minimum Gasteiger partial charge on any atom is -0.365 e. The Morgan fingerprint density at radius 3 is 2.49 bits per heavy atom. The molecule has 0 bridgehead atoms. The van der Waals surface area contributed by atoms with E-state index in [2.05, 4.69) is 15.4 Å². The van der Waals surface area contributed by atoms with Crippen molar-refractivity contribution in [3.63, 3.8) is 0 Å². The lowest BCUT2D eigenvalue weighted by molar-refractivity contribution is -0.141. The third kappa shape index (κ3) is 5.39. The number of hydrogen-bond acceptors (Lipinski definition) is 6. The van der Waals surface area contributed by atoms with Crippen LogP contribution in [0.1, 0.15) is 63.7 Å². The molecule has 4 heterocycles. The molecule has 1 atom stereocenters. The number of thiophene rings is 2. The lowest BCUT2D eigenvalue weighted by atomic mass is 10.1. The third-order valence-electron chi connectivity index (χ3n) is 6.37. The first-order valence-corrected chi connectivity index (χ1v) is 13.5. The molecule has 0 aliphatic heterocycles. The summed E-state index contributed by atoms with van der Waals surface area (Å²) in [6.45, 7) is 3.24. The number of alkyl halides is 5. The van der Waals surface area contributed by atoms with Crippen LogP contribution in [0.15, 0.2) is 24.3 Å². The van der Waals surface area contributed by atoms with E-state index in [1.165, 1.54) is 29.0 Å². The third-order valence-corrected chi connectivity index (χ3v) is 8.51. The van der Waals surface area contributed by atoms with Gasteiger partial charge in [0.15, 0.2) is 5.69 Å². The van der Waals surface area contributed by atoms with Gasteiger partial charge >= 0.3 is 6.18 Å². The summed E-state index contributed by atoms with van der Waals surface area (Å²) in [5.74, 6) is -2.39. The van der Waals surface area contributed by atoms with Gasteiger partial charge in [0, 0.05) is 32.3 Å². The maximum Gasteiger partial charge on any atom is 0.435 e. The van der Waals surface area contributed by atoms with Crippen LogP contribution in [0.4, 0.5) is 27.6 Å². The molecule has 1 unspecified atom stereocenters. The van der Waals surface area contributed by atoms with E-state index in [0.717, 1.165) is 35.1 Å². The van der Waals surface area contributed by atoms with Crippen LogP contribution >= 0.6 is 22.7 Å². The van der Waals surface area contributed by atoms with Gasteiger partial charge in [-0.2, -0.15) is 18.3 Å². The number of aromatic nitrogens is 3. The lowest BCUT2D eigenvalue weighted by Gasteiger charge is -2.15. The molecule has 4 aromatic heterocycles. The molecule has 2 amide bonds. The maximum absolute atomic E-state index is 13.7. The predicted molar refractivity (Wildman–Crippen MR) is 138 cm³/mol. The zero-order valence-electron chi connectivity index (χ0n) is 20.6. The van der Waals surface area contributed by atoms with Gasteiger partial charge in [0.25, 0.3) is 12.3 Å².